The van der Waals surface area contributed by atoms with Crippen LogP contribution in [0.15, 0.2) is 40.9 Å². The van der Waals surface area contributed by atoms with Gasteiger partial charge in [-0.15, -0.1) is 0 Å². The SMILES string of the molecule is COc1cc(C(=O)NC2(c3ccccc3Br)CCC2)cc(OC)c1O. The highest BCUT2D eigenvalue weighted by molar-refractivity contribution is 9.10. The Bertz CT molecular complexity index is 777. The minimum absolute atomic E-state index is 0.120. The highest BCUT2D eigenvalue weighted by atomic mass is 79.9. The number of benzene rings is 2. The molecule has 0 unspecified atom stereocenters. The first kappa shape index (κ1) is 17.6. The molecule has 0 aliphatic heterocycles. The molecule has 0 heterocycles. The van der Waals surface area contributed by atoms with Gasteiger partial charge in [0.15, 0.2) is 11.5 Å². The molecule has 1 fully saturated rings. The zero-order valence-corrected chi connectivity index (χ0v) is 15.7. The topological polar surface area (TPSA) is 67.8 Å². The van der Waals surface area contributed by atoms with E-state index in [1.54, 1.807) is 0 Å². The maximum absolute atomic E-state index is 12.9. The summed E-state index contributed by atoms with van der Waals surface area (Å²) in [5.41, 5.74) is 1.08. The Labute approximate surface area is 155 Å². The van der Waals surface area contributed by atoms with Crippen molar-refractivity contribution < 1.29 is 19.4 Å². The van der Waals surface area contributed by atoms with Crippen molar-refractivity contribution in [1.29, 1.82) is 0 Å². The van der Waals surface area contributed by atoms with Crippen LogP contribution in [0.1, 0.15) is 35.2 Å². The number of phenols is 1. The Morgan fingerprint density at radius 2 is 1.76 bits per heavy atom. The second-order valence-corrected chi connectivity index (χ2v) is 6.95. The van der Waals surface area contributed by atoms with Crippen molar-refractivity contribution in [2.75, 3.05) is 14.2 Å². The number of carbonyl (C=O) groups excluding carboxylic acids is 1. The molecule has 0 saturated heterocycles. The molecular weight excluding hydrogens is 386 g/mol. The van der Waals surface area contributed by atoms with Crippen LogP contribution in [0.2, 0.25) is 0 Å². The lowest BCUT2D eigenvalue weighted by atomic mass is 9.71. The predicted octanol–water partition coefficient (Wildman–Crippen LogP) is 3.98. The van der Waals surface area contributed by atoms with Gasteiger partial charge in [0.05, 0.1) is 19.8 Å². The lowest BCUT2D eigenvalue weighted by molar-refractivity contribution is 0.0821. The number of amides is 1. The van der Waals surface area contributed by atoms with Crippen LogP contribution in [0.5, 0.6) is 17.2 Å². The van der Waals surface area contributed by atoms with Crippen LogP contribution >= 0.6 is 15.9 Å². The molecule has 0 bridgehead atoms. The minimum atomic E-state index is -0.379. The van der Waals surface area contributed by atoms with Crippen molar-refractivity contribution in [2.45, 2.75) is 24.8 Å². The molecule has 2 aromatic carbocycles. The monoisotopic (exact) mass is 405 g/mol. The highest BCUT2D eigenvalue weighted by Gasteiger charge is 2.41. The fourth-order valence-electron chi connectivity index (χ4n) is 3.16. The molecule has 1 aliphatic rings. The summed E-state index contributed by atoms with van der Waals surface area (Å²) in [4.78, 5) is 12.9. The Balaban J connectivity index is 1.93. The first-order valence-electron chi connectivity index (χ1n) is 8.03. The van der Waals surface area contributed by atoms with E-state index in [0.29, 0.717) is 5.56 Å². The number of methoxy groups -OCH3 is 2. The molecule has 0 radical (unpaired) electrons. The molecule has 0 spiro atoms. The molecule has 1 saturated carbocycles. The lowest BCUT2D eigenvalue weighted by Gasteiger charge is -2.43. The Morgan fingerprint density at radius 3 is 2.24 bits per heavy atom. The van der Waals surface area contributed by atoms with Gasteiger partial charge in [0, 0.05) is 10.0 Å². The zero-order chi connectivity index (χ0) is 18.0. The number of aromatic hydroxyl groups is 1. The van der Waals surface area contributed by atoms with Gasteiger partial charge in [-0.25, -0.2) is 0 Å². The van der Waals surface area contributed by atoms with Crippen LogP contribution in [0, 0.1) is 0 Å². The summed E-state index contributed by atoms with van der Waals surface area (Å²) in [6.45, 7) is 0. The Hall–Kier alpha value is -2.21. The maximum Gasteiger partial charge on any atom is 0.252 e. The van der Waals surface area contributed by atoms with Crippen LogP contribution in [0.3, 0.4) is 0 Å². The van der Waals surface area contributed by atoms with E-state index in [1.165, 1.54) is 26.4 Å². The van der Waals surface area contributed by atoms with E-state index in [4.69, 9.17) is 9.47 Å². The summed E-state index contributed by atoms with van der Waals surface area (Å²) in [6.07, 6.45) is 2.82. The standard InChI is InChI=1S/C19H20BrNO4/c1-24-15-10-12(11-16(25-2)17(15)22)18(23)21-19(8-5-9-19)13-6-3-4-7-14(13)20/h3-4,6-7,10-11,22H,5,8-9H2,1-2H3,(H,21,23). The number of hydrogen-bond donors (Lipinski definition) is 2. The molecule has 3 rings (SSSR count). The Morgan fingerprint density at radius 1 is 1.16 bits per heavy atom. The summed E-state index contributed by atoms with van der Waals surface area (Å²) < 4.78 is 11.3. The van der Waals surface area contributed by atoms with Gasteiger partial charge in [-0.2, -0.15) is 0 Å². The van der Waals surface area contributed by atoms with Crippen LogP contribution in [0.4, 0.5) is 0 Å². The van der Waals surface area contributed by atoms with Crippen molar-refractivity contribution >= 4 is 21.8 Å². The van der Waals surface area contributed by atoms with Gasteiger partial charge in [-0.1, -0.05) is 34.1 Å². The van der Waals surface area contributed by atoms with Crippen molar-refractivity contribution in [3.63, 3.8) is 0 Å². The average Bonchev–Trinajstić information content (AvgIpc) is 2.59. The largest absolute Gasteiger partial charge is 0.502 e. The van der Waals surface area contributed by atoms with Crippen molar-refractivity contribution in [2.24, 2.45) is 0 Å². The first-order chi connectivity index (χ1) is 12.0. The molecule has 132 valence electrons. The van der Waals surface area contributed by atoms with E-state index in [-0.39, 0.29) is 28.7 Å². The summed E-state index contributed by atoms with van der Waals surface area (Å²) in [5, 5.41) is 13.2. The average molecular weight is 406 g/mol. The number of nitrogens with one attached hydrogen (secondary N) is 1. The quantitative estimate of drug-likeness (QED) is 0.789. The second-order valence-electron chi connectivity index (χ2n) is 6.10. The smallest absolute Gasteiger partial charge is 0.252 e. The van der Waals surface area contributed by atoms with Gasteiger partial charge in [-0.3, -0.25) is 4.79 Å². The van der Waals surface area contributed by atoms with E-state index in [9.17, 15) is 9.90 Å². The molecule has 2 aromatic rings. The second kappa shape index (κ2) is 6.96. The molecule has 1 amide bonds. The number of halogens is 1. The maximum atomic E-state index is 12.9. The van der Waals surface area contributed by atoms with E-state index in [2.05, 4.69) is 21.2 Å². The summed E-state index contributed by atoms with van der Waals surface area (Å²) in [7, 11) is 2.87. The number of carbonyl (C=O) groups is 1. The molecule has 2 N–H and O–H groups in total. The summed E-state index contributed by atoms with van der Waals surface area (Å²) in [6, 6.07) is 11.0. The molecule has 25 heavy (non-hydrogen) atoms. The summed E-state index contributed by atoms with van der Waals surface area (Å²) in [5.74, 6) is 0.0545. The van der Waals surface area contributed by atoms with Gasteiger partial charge >= 0.3 is 0 Å². The molecule has 1 aliphatic carbocycles. The third-order valence-electron chi connectivity index (χ3n) is 4.69. The molecule has 0 atom stereocenters. The van der Waals surface area contributed by atoms with E-state index in [1.807, 2.05) is 24.3 Å². The van der Waals surface area contributed by atoms with Gasteiger partial charge in [0.1, 0.15) is 0 Å². The fraction of sp³-hybridized carbons (Fsp3) is 0.316. The van der Waals surface area contributed by atoms with Crippen molar-refractivity contribution in [1.82, 2.24) is 5.32 Å². The summed E-state index contributed by atoms with van der Waals surface area (Å²) >= 11 is 3.58. The van der Waals surface area contributed by atoms with E-state index >= 15 is 0 Å². The molecule has 5 nitrogen and oxygen atoms in total. The van der Waals surface area contributed by atoms with Gasteiger partial charge in [-0.05, 0) is 43.0 Å². The van der Waals surface area contributed by atoms with Crippen molar-refractivity contribution in [3.05, 3.63) is 52.0 Å². The highest BCUT2D eigenvalue weighted by Crippen LogP contribution is 2.44. The minimum Gasteiger partial charge on any atom is -0.502 e. The first-order valence-corrected chi connectivity index (χ1v) is 8.82. The molecule has 0 aromatic heterocycles. The number of ether oxygens (including phenoxy) is 2. The number of phenolic OH excluding ortho intramolecular Hbond substituents is 1. The van der Waals surface area contributed by atoms with Crippen LogP contribution in [0.25, 0.3) is 0 Å². The van der Waals surface area contributed by atoms with Gasteiger partial charge in [0.25, 0.3) is 5.91 Å². The molecule has 6 heteroatoms. The number of rotatable bonds is 5. The van der Waals surface area contributed by atoms with Crippen molar-refractivity contribution in [3.8, 4) is 17.2 Å². The van der Waals surface area contributed by atoms with E-state index < -0.39 is 0 Å². The third-order valence-corrected chi connectivity index (χ3v) is 5.38. The lowest BCUT2D eigenvalue weighted by Crippen LogP contribution is -2.51. The Kier molecular flexibility index (Phi) is 4.90. The van der Waals surface area contributed by atoms with Gasteiger partial charge in [0.2, 0.25) is 5.75 Å². The van der Waals surface area contributed by atoms with Crippen LogP contribution < -0.4 is 14.8 Å². The molecular formula is C19H20BrNO4. The third kappa shape index (κ3) is 3.18. The van der Waals surface area contributed by atoms with E-state index in [0.717, 1.165) is 29.3 Å². The predicted molar refractivity (Wildman–Crippen MR) is 98.3 cm³/mol. The zero-order valence-electron chi connectivity index (χ0n) is 14.1. The van der Waals surface area contributed by atoms with Crippen LogP contribution in [-0.2, 0) is 5.54 Å². The number of hydrogen-bond acceptors (Lipinski definition) is 4. The van der Waals surface area contributed by atoms with Crippen LogP contribution in [-0.4, -0.2) is 25.2 Å². The van der Waals surface area contributed by atoms with Gasteiger partial charge < -0.3 is 19.9 Å². The normalized spacial score (nSPS) is 15.2. The fourth-order valence-corrected chi connectivity index (χ4v) is 3.82.